The predicted octanol–water partition coefficient (Wildman–Crippen LogP) is 5.69. The van der Waals surface area contributed by atoms with E-state index in [0.717, 1.165) is 48.4 Å². The van der Waals surface area contributed by atoms with Gasteiger partial charge >= 0.3 is 0 Å². The molecule has 3 heterocycles. The monoisotopic (exact) mass is 464 g/mol. The van der Waals surface area contributed by atoms with Crippen molar-refractivity contribution in [3.63, 3.8) is 0 Å². The van der Waals surface area contributed by atoms with E-state index >= 15 is 0 Å². The first-order valence-electron chi connectivity index (χ1n) is 12.3. The van der Waals surface area contributed by atoms with E-state index in [1.807, 2.05) is 43.6 Å². The highest BCUT2D eigenvalue weighted by molar-refractivity contribution is 5.72. The van der Waals surface area contributed by atoms with Crippen molar-refractivity contribution < 1.29 is 0 Å². The Bertz CT molecular complexity index is 1290. The smallest absolute Gasteiger partial charge is 0.224 e. The molecule has 0 fully saturated rings. The van der Waals surface area contributed by atoms with Gasteiger partial charge < -0.3 is 16.0 Å². The zero-order chi connectivity index (χ0) is 24.2. The minimum atomic E-state index is 0.0308. The first-order valence-corrected chi connectivity index (χ1v) is 12.3. The van der Waals surface area contributed by atoms with E-state index in [1.54, 1.807) is 0 Å². The number of nitrogens with one attached hydrogen (secondary N) is 1. The molecular formula is C29H32N6. The van der Waals surface area contributed by atoms with Crippen LogP contribution in [0, 0.1) is 0 Å². The van der Waals surface area contributed by atoms with Crippen molar-refractivity contribution in [3.8, 4) is 11.3 Å². The summed E-state index contributed by atoms with van der Waals surface area (Å²) < 4.78 is 0. The molecule has 0 amide bonds. The molecule has 1 aliphatic rings. The number of nitrogens with two attached hydrogens (primary N) is 1. The van der Waals surface area contributed by atoms with Gasteiger partial charge in [-0.25, -0.2) is 4.98 Å². The highest BCUT2D eigenvalue weighted by Crippen LogP contribution is 2.34. The van der Waals surface area contributed by atoms with Gasteiger partial charge in [-0.15, -0.1) is 0 Å². The fraction of sp³-hybridized carbons (Fsp3) is 0.276. The third-order valence-corrected chi connectivity index (χ3v) is 6.46. The molecule has 0 saturated carbocycles. The highest BCUT2D eigenvalue weighted by Gasteiger charge is 2.21. The second-order valence-electron chi connectivity index (χ2n) is 9.34. The van der Waals surface area contributed by atoms with Crippen molar-refractivity contribution in [2.45, 2.75) is 45.2 Å². The van der Waals surface area contributed by atoms with Crippen molar-refractivity contribution in [1.29, 1.82) is 0 Å². The Hall–Kier alpha value is -3.77. The second kappa shape index (κ2) is 10.2. The van der Waals surface area contributed by atoms with Gasteiger partial charge in [0, 0.05) is 42.3 Å². The van der Waals surface area contributed by atoms with Crippen molar-refractivity contribution in [2.24, 2.45) is 5.73 Å². The zero-order valence-corrected chi connectivity index (χ0v) is 20.4. The van der Waals surface area contributed by atoms with E-state index < -0.39 is 0 Å². The van der Waals surface area contributed by atoms with Gasteiger partial charge in [0.25, 0.3) is 0 Å². The predicted molar refractivity (Wildman–Crippen MR) is 143 cm³/mol. The van der Waals surface area contributed by atoms with Crippen LogP contribution in [0.25, 0.3) is 11.3 Å². The molecule has 2 atom stereocenters. The molecule has 0 aliphatic carbocycles. The summed E-state index contributed by atoms with van der Waals surface area (Å²) in [6, 6.07) is 23.2. The van der Waals surface area contributed by atoms with Gasteiger partial charge in [0.2, 0.25) is 5.95 Å². The topological polar surface area (TPSA) is 80.0 Å². The molecule has 2 aromatic heterocycles. The Kier molecular flexibility index (Phi) is 6.73. The minimum absolute atomic E-state index is 0.0308. The standard InChI is InChI=1S/C29H32N6/c1-20(16-22-8-6-11-24(17-22)21(2)30)33-29-31-14-13-28(34-29)35-15-7-12-25-19-32-26(18-27(25)35)23-9-4-3-5-10-23/h3-6,8-11,13-14,17-21H,7,12,15-16,30H2,1-2H3,(H,31,33,34)/t20-,21+/m0/s1. The SMILES string of the molecule is C[C@@H](Cc1cccc([C@@H](C)N)c1)Nc1nccc(N2CCCc3cnc(-c4ccccc4)cc32)n1. The third-order valence-electron chi connectivity index (χ3n) is 6.46. The summed E-state index contributed by atoms with van der Waals surface area (Å²) in [4.78, 5) is 16.4. The molecule has 1 aliphatic heterocycles. The van der Waals surface area contributed by atoms with Crippen LogP contribution in [-0.2, 0) is 12.8 Å². The van der Waals surface area contributed by atoms with Crippen LogP contribution in [0.5, 0.6) is 0 Å². The second-order valence-corrected chi connectivity index (χ2v) is 9.34. The lowest BCUT2D eigenvalue weighted by Gasteiger charge is -2.30. The largest absolute Gasteiger partial charge is 0.351 e. The average Bonchev–Trinajstić information content (AvgIpc) is 2.89. The summed E-state index contributed by atoms with van der Waals surface area (Å²) in [5.41, 5.74) is 13.0. The lowest BCUT2D eigenvalue weighted by atomic mass is 10.0. The van der Waals surface area contributed by atoms with E-state index in [9.17, 15) is 0 Å². The van der Waals surface area contributed by atoms with Crippen molar-refractivity contribution in [2.75, 3.05) is 16.8 Å². The van der Waals surface area contributed by atoms with Gasteiger partial charge in [0.05, 0.1) is 5.69 Å². The Morgan fingerprint density at radius 2 is 1.86 bits per heavy atom. The molecule has 3 N–H and O–H groups in total. The van der Waals surface area contributed by atoms with Gasteiger partial charge in [-0.1, -0.05) is 54.6 Å². The van der Waals surface area contributed by atoms with Gasteiger partial charge in [0.15, 0.2) is 0 Å². The van der Waals surface area contributed by atoms with Crippen LogP contribution >= 0.6 is 0 Å². The van der Waals surface area contributed by atoms with Crippen LogP contribution in [0.3, 0.4) is 0 Å². The third kappa shape index (κ3) is 5.33. The maximum absolute atomic E-state index is 6.06. The summed E-state index contributed by atoms with van der Waals surface area (Å²) >= 11 is 0. The molecule has 178 valence electrons. The maximum Gasteiger partial charge on any atom is 0.224 e. The summed E-state index contributed by atoms with van der Waals surface area (Å²) in [5.74, 6) is 1.54. The van der Waals surface area contributed by atoms with E-state index in [0.29, 0.717) is 5.95 Å². The van der Waals surface area contributed by atoms with Crippen LogP contribution < -0.4 is 16.0 Å². The molecule has 5 rings (SSSR count). The maximum atomic E-state index is 6.06. The first kappa shape index (κ1) is 23.0. The number of rotatable bonds is 7. The minimum Gasteiger partial charge on any atom is -0.351 e. The Labute approximate surface area is 207 Å². The fourth-order valence-electron chi connectivity index (χ4n) is 4.67. The number of hydrogen-bond donors (Lipinski definition) is 2. The van der Waals surface area contributed by atoms with E-state index in [2.05, 4.69) is 64.6 Å². The number of nitrogens with zero attached hydrogens (tertiary/aromatic N) is 4. The molecule has 0 spiro atoms. The summed E-state index contributed by atoms with van der Waals surface area (Å²) in [5, 5.41) is 3.49. The number of aromatic nitrogens is 3. The number of hydrogen-bond acceptors (Lipinski definition) is 6. The van der Waals surface area contributed by atoms with Gasteiger partial charge in [-0.05, 0) is 61.9 Å². The Morgan fingerprint density at radius 1 is 1.00 bits per heavy atom. The molecule has 6 nitrogen and oxygen atoms in total. The quantitative estimate of drug-likeness (QED) is 0.366. The average molecular weight is 465 g/mol. The highest BCUT2D eigenvalue weighted by atomic mass is 15.2. The first-order chi connectivity index (χ1) is 17.1. The number of fused-ring (bicyclic) bond motifs is 1. The van der Waals surface area contributed by atoms with Crippen LogP contribution in [-0.4, -0.2) is 27.5 Å². The van der Waals surface area contributed by atoms with Crippen molar-refractivity contribution in [3.05, 3.63) is 95.8 Å². The lowest BCUT2D eigenvalue weighted by molar-refractivity contribution is 0.748. The zero-order valence-electron chi connectivity index (χ0n) is 20.4. The van der Waals surface area contributed by atoms with Gasteiger partial charge in [0.1, 0.15) is 5.82 Å². The normalized spacial score (nSPS) is 14.8. The number of pyridine rings is 1. The van der Waals surface area contributed by atoms with Gasteiger partial charge in [-0.3, -0.25) is 4.98 Å². The molecule has 0 radical (unpaired) electrons. The van der Waals surface area contributed by atoms with E-state index in [4.69, 9.17) is 15.7 Å². The van der Waals surface area contributed by atoms with Crippen LogP contribution in [0.4, 0.5) is 17.5 Å². The van der Waals surface area contributed by atoms with Crippen molar-refractivity contribution >= 4 is 17.5 Å². The Balaban J connectivity index is 1.35. The molecule has 4 aromatic rings. The van der Waals surface area contributed by atoms with Crippen LogP contribution in [0.1, 0.15) is 43.0 Å². The molecule has 0 bridgehead atoms. The molecule has 0 saturated heterocycles. The molecular weight excluding hydrogens is 432 g/mol. The van der Waals surface area contributed by atoms with Crippen molar-refractivity contribution in [1.82, 2.24) is 15.0 Å². The lowest BCUT2D eigenvalue weighted by Crippen LogP contribution is -2.26. The summed E-state index contributed by atoms with van der Waals surface area (Å²) in [6.45, 7) is 5.08. The molecule has 2 aromatic carbocycles. The summed E-state index contributed by atoms with van der Waals surface area (Å²) in [6.07, 6.45) is 6.82. The molecule has 0 unspecified atom stereocenters. The van der Waals surface area contributed by atoms with E-state index in [1.165, 1.54) is 16.8 Å². The van der Waals surface area contributed by atoms with Crippen LogP contribution in [0.15, 0.2) is 79.1 Å². The number of aryl methyl sites for hydroxylation is 1. The van der Waals surface area contributed by atoms with Gasteiger partial charge in [-0.2, -0.15) is 4.98 Å². The molecule has 6 heteroatoms. The van der Waals surface area contributed by atoms with E-state index in [-0.39, 0.29) is 12.1 Å². The number of anilines is 3. The number of benzene rings is 2. The Morgan fingerprint density at radius 3 is 2.69 bits per heavy atom. The summed E-state index contributed by atoms with van der Waals surface area (Å²) in [7, 11) is 0. The van der Waals surface area contributed by atoms with Crippen LogP contribution in [0.2, 0.25) is 0 Å². The fourth-order valence-corrected chi connectivity index (χ4v) is 4.67. The molecule has 35 heavy (non-hydrogen) atoms.